The SMILES string of the molecule is O=C(C1CCCN1S(=O)(=O)c1ccn[nH]1)N1CCNCC1. The van der Waals surface area contributed by atoms with Crippen LogP contribution in [0.2, 0.25) is 0 Å². The minimum atomic E-state index is -3.68. The van der Waals surface area contributed by atoms with Gasteiger partial charge in [-0.25, -0.2) is 8.42 Å². The highest BCUT2D eigenvalue weighted by Crippen LogP contribution is 2.26. The van der Waals surface area contributed by atoms with Crippen molar-refractivity contribution >= 4 is 15.9 Å². The van der Waals surface area contributed by atoms with Gasteiger partial charge in [-0.15, -0.1) is 0 Å². The summed E-state index contributed by atoms with van der Waals surface area (Å²) in [5.41, 5.74) is 0. The van der Waals surface area contributed by atoms with Gasteiger partial charge in [-0.1, -0.05) is 0 Å². The summed E-state index contributed by atoms with van der Waals surface area (Å²) in [5, 5.41) is 9.39. The van der Waals surface area contributed by atoms with E-state index in [1.165, 1.54) is 16.6 Å². The molecule has 2 saturated heterocycles. The first-order valence-electron chi connectivity index (χ1n) is 7.11. The lowest BCUT2D eigenvalue weighted by Gasteiger charge is -2.32. The number of carbonyl (C=O) groups excluding carboxylic acids is 1. The first-order chi connectivity index (χ1) is 10.1. The minimum Gasteiger partial charge on any atom is -0.339 e. The Hall–Kier alpha value is -1.45. The van der Waals surface area contributed by atoms with E-state index < -0.39 is 16.1 Å². The smallest absolute Gasteiger partial charge is 0.260 e. The van der Waals surface area contributed by atoms with Gasteiger partial charge in [0.15, 0.2) is 5.03 Å². The van der Waals surface area contributed by atoms with Crippen molar-refractivity contribution < 1.29 is 13.2 Å². The van der Waals surface area contributed by atoms with Crippen LogP contribution in [0, 0.1) is 0 Å². The number of sulfonamides is 1. The van der Waals surface area contributed by atoms with Crippen molar-refractivity contribution in [3.05, 3.63) is 12.3 Å². The Balaban J connectivity index is 1.81. The van der Waals surface area contributed by atoms with E-state index in [-0.39, 0.29) is 10.9 Å². The van der Waals surface area contributed by atoms with E-state index in [0.29, 0.717) is 32.5 Å². The third-order valence-electron chi connectivity index (χ3n) is 3.98. The molecule has 116 valence electrons. The highest BCUT2D eigenvalue weighted by Gasteiger charge is 2.41. The molecule has 8 nitrogen and oxygen atoms in total. The molecule has 2 aliphatic rings. The number of nitrogens with one attached hydrogen (secondary N) is 2. The standard InChI is InChI=1S/C12H19N5O3S/c18-12(16-8-5-13-6-9-16)10-2-1-7-17(10)21(19,20)11-3-4-14-15-11/h3-4,10,13H,1-2,5-9H2,(H,14,15). The lowest BCUT2D eigenvalue weighted by Crippen LogP contribution is -2.53. The lowest BCUT2D eigenvalue weighted by molar-refractivity contribution is -0.135. The number of aromatic amines is 1. The van der Waals surface area contributed by atoms with Crippen molar-refractivity contribution in [2.75, 3.05) is 32.7 Å². The predicted molar refractivity (Wildman–Crippen MR) is 75.0 cm³/mol. The van der Waals surface area contributed by atoms with Crippen molar-refractivity contribution in [3.8, 4) is 0 Å². The van der Waals surface area contributed by atoms with E-state index in [0.717, 1.165) is 13.1 Å². The average Bonchev–Trinajstić information content (AvgIpc) is 3.19. The fourth-order valence-electron chi connectivity index (χ4n) is 2.88. The Bertz CT molecular complexity index is 594. The Morgan fingerprint density at radius 1 is 1.29 bits per heavy atom. The van der Waals surface area contributed by atoms with Gasteiger partial charge in [-0.3, -0.25) is 9.89 Å². The largest absolute Gasteiger partial charge is 0.339 e. The lowest BCUT2D eigenvalue weighted by atomic mass is 10.2. The summed E-state index contributed by atoms with van der Waals surface area (Å²) in [6, 6.07) is 0.830. The molecule has 2 fully saturated rings. The zero-order valence-corrected chi connectivity index (χ0v) is 12.5. The Morgan fingerprint density at radius 3 is 2.71 bits per heavy atom. The van der Waals surface area contributed by atoms with E-state index in [4.69, 9.17) is 0 Å². The van der Waals surface area contributed by atoms with Crippen molar-refractivity contribution in [3.63, 3.8) is 0 Å². The van der Waals surface area contributed by atoms with Crippen molar-refractivity contribution in [1.29, 1.82) is 0 Å². The molecule has 2 N–H and O–H groups in total. The molecule has 1 unspecified atom stereocenters. The van der Waals surface area contributed by atoms with Gasteiger partial charge >= 0.3 is 0 Å². The third kappa shape index (κ3) is 2.68. The summed E-state index contributed by atoms with van der Waals surface area (Å²) < 4.78 is 26.4. The fraction of sp³-hybridized carbons (Fsp3) is 0.667. The zero-order chi connectivity index (χ0) is 14.9. The molecule has 0 aromatic carbocycles. The molecule has 3 rings (SSSR count). The van der Waals surface area contributed by atoms with Crippen LogP contribution >= 0.6 is 0 Å². The van der Waals surface area contributed by atoms with Crippen LogP contribution in [0.5, 0.6) is 0 Å². The van der Waals surface area contributed by atoms with Gasteiger partial charge in [0, 0.05) is 32.7 Å². The van der Waals surface area contributed by atoms with Crippen LogP contribution in [0.3, 0.4) is 0 Å². The van der Waals surface area contributed by atoms with Crippen molar-refractivity contribution in [2.24, 2.45) is 0 Å². The minimum absolute atomic E-state index is 0.0440. The van der Waals surface area contributed by atoms with Gasteiger partial charge < -0.3 is 10.2 Å². The first-order valence-corrected chi connectivity index (χ1v) is 8.55. The van der Waals surface area contributed by atoms with Gasteiger partial charge in [-0.05, 0) is 18.9 Å². The number of hydrogen-bond donors (Lipinski definition) is 2. The monoisotopic (exact) mass is 313 g/mol. The molecule has 9 heteroatoms. The number of carbonyl (C=O) groups is 1. The highest BCUT2D eigenvalue weighted by atomic mass is 32.2. The topological polar surface area (TPSA) is 98.4 Å². The summed E-state index contributed by atoms with van der Waals surface area (Å²) in [5.74, 6) is -0.0860. The Kier molecular flexibility index (Phi) is 3.96. The van der Waals surface area contributed by atoms with Gasteiger partial charge in [0.05, 0.1) is 6.20 Å². The van der Waals surface area contributed by atoms with Crippen LogP contribution in [0.4, 0.5) is 0 Å². The molecular weight excluding hydrogens is 294 g/mol. The fourth-order valence-corrected chi connectivity index (χ4v) is 4.44. The van der Waals surface area contributed by atoms with E-state index in [2.05, 4.69) is 15.5 Å². The maximum absolute atomic E-state index is 12.6. The molecule has 3 heterocycles. The molecule has 1 atom stereocenters. The van der Waals surface area contributed by atoms with Gasteiger partial charge in [0.2, 0.25) is 5.91 Å². The molecule has 1 aromatic heterocycles. The average molecular weight is 313 g/mol. The molecule has 21 heavy (non-hydrogen) atoms. The van der Waals surface area contributed by atoms with E-state index in [1.807, 2.05) is 0 Å². The van der Waals surface area contributed by atoms with Crippen LogP contribution < -0.4 is 5.32 Å². The molecule has 0 radical (unpaired) electrons. The molecule has 2 aliphatic heterocycles. The van der Waals surface area contributed by atoms with E-state index >= 15 is 0 Å². The molecule has 0 spiro atoms. The highest BCUT2D eigenvalue weighted by molar-refractivity contribution is 7.89. The van der Waals surface area contributed by atoms with Crippen LogP contribution in [0.15, 0.2) is 17.3 Å². The number of rotatable bonds is 3. The number of H-pyrrole nitrogens is 1. The summed E-state index contributed by atoms with van der Waals surface area (Å²) in [6.07, 6.45) is 2.68. The van der Waals surface area contributed by atoms with Crippen LogP contribution in [-0.2, 0) is 14.8 Å². The molecule has 1 amide bonds. The number of aromatic nitrogens is 2. The molecule has 0 bridgehead atoms. The van der Waals surface area contributed by atoms with Crippen molar-refractivity contribution in [1.82, 2.24) is 24.7 Å². The quantitative estimate of drug-likeness (QED) is 0.745. The number of amides is 1. The Labute approximate surface area is 123 Å². The molecular formula is C12H19N5O3S. The van der Waals surface area contributed by atoms with Crippen molar-refractivity contribution in [2.45, 2.75) is 23.9 Å². The zero-order valence-electron chi connectivity index (χ0n) is 11.7. The molecule has 0 saturated carbocycles. The van der Waals surface area contributed by atoms with Crippen LogP contribution in [-0.4, -0.2) is 72.5 Å². The van der Waals surface area contributed by atoms with E-state index in [1.54, 1.807) is 4.90 Å². The Morgan fingerprint density at radius 2 is 2.05 bits per heavy atom. The van der Waals surface area contributed by atoms with Gasteiger partial charge in [-0.2, -0.15) is 9.40 Å². The predicted octanol–water partition coefficient (Wildman–Crippen LogP) is -1.01. The number of hydrogen-bond acceptors (Lipinski definition) is 5. The maximum Gasteiger partial charge on any atom is 0.260 e. The van der Waals surface area contributed by atoms with Crippen LogP contribution in [0.25, 0.3) is 0 Å². The summed E-state index contributed by atoms with van der Waals surface area (Å²) in [7, 11) is -3.68. The second kappa shape index (κ2) is 5.74. The van der Waals surface area contributed by atoms with Gasteiger partial charge in [0.1, 0.15) is 6.04 Å². The number of piperazine rings is 1. The summed E-state index contributed by atoms with van der Waals surface area (Å²) in [6.45, 7) is 3.15. The second-order valence-electron chi connectivity index (χ2n) is 5.27. The molecule has 0 aliphatic carbocycles. The first kappa shape index (κ1) is 14.5. The molecule has 1 aromatic rings. The summed E-state index contributed by atoms with van der Waals surface area (Å²) >= 11 is 0. The summed E-state index contributed by atoms with van der Waals surface area (Å²) in [4.78, 5) is 14.3. The third-order valence-corrected chi connectivity index (χ3v) is 5.82. The van der Waals surface area contributed by atoms with Gasteiger partial charge in [0.25, 0.3) is 10.0 Å². The second-order valence-corrected chi connectivity index (χ2v) is 7.13. The van der Waals surface area contributed by atoms with E-state index in [9.17, 15) is 13.2 Å². The normalized spacial score (nSPS) is 24.4. The maximum atomic E-state index is 12.6. The van der Waals surface area contributed by atoms with Crippen LogP contribution in [0.1, 0.15) is 12.8 Å². The number of nitrogens with zero attached hydrogens (tertiary/aromatic N) is 3.